The zero-order chi connectivity index (χ0) is 12.2. The number of likely N-dealkylation sites (N-methyl/N-ethyl adjacent to an activating group) is 1. The molecule has 1 fully saturated rings. The molecule has 0 aromatic carbocycles. The molecule has 0 spiro atoms. The van der Waals surface area contributed by atoms with Gasteiger partial charge in [0, 0.05) is 18.1 Å². The predicted octanol–water partition coefficient (Wildman–Crippen LogP) is 1.53. The number of piperidine rings is 1. The third kappa shape index (κ3) is 2.96. The molecule has 16 heavy (non-hydrogen) atoms. The van der Waals surface area contributed by atoms with Gasteiger partial charge >= 0.3 is 0 Å². The van der Waals surface area contributed by atoms with Gasteiger partial charge in [-0.05, 0) is 59.8 Å². The van der Waals surface area contributed by atoms with Crippen LogP contribution < -0.4 is 5.73 Å². The first-order chi connectivity index (χ1) is 7.55. The lowest BCUT2D eigenvalue weighted by atomic mass is 9.85. The third-order valence-corrected chi connectivity index (χ3v) is 4.23. The highest BCUT2D eigenvalue weighted by Crippen LogP contribution is 2.28. The van der Waals surface area contributed by atoms with Gasteiger partial charge in [0.05, 0.1) is 0 Å². The van der Waals surface area contributed by atoms with E-state index in [4.69, 9.17) is 5.73 Å². The quantitative estimate of drug-likeness (QED) is 0.773. The van der Waals surface area contributed by atoms with Gasteiger partial charge in [0.25, 0.3) is 0 Å². The zero-order valence-electron chi connectivity index (χ0n) is 11.5. The Balaban J connectivity index is 2.57. The van der Waals surface area contributed by atoms with Crippen molar-refractivity contribution in [2.24, 2.45) is 5.73 Å². The summed E-state index contributed by atoms with van der Waals surface area (Å²) >= 11 is 0. The highest BCUT2D eigenvalue weighted by atomic mass is 15.2. The largest absolute Gasteiger partial charge is 0.329 e. The Morgan fingerprint density at radius 3 is 2.25 bits per heavy atom. The maximum absolute atomic E-state index is 6.04. The molecular weight excluding hydrogens is 198 g/mol. The minimum absolute atomic E-state index is 0.248. The van der Waals surface area contributed by atoms with Crippen LogP contribution in [0.5, 0.6) is 0 Å². The van der Waals surface area contributed by atoms with Crippen LogP contribution in [-0.2, 0) is 0 Å². The van der Waals surface area contributed by atoms with Crippen LogP contribution >= 0.6 is 0 Å². The van der Waals surface area contributed by atoms with Crippen molar-refractivity contribution in [3.05, 3.63) is 0 Å². The van der Waals surface area contributed by atoms with Crippen molar-refractivity contribution >= 4 is 0 Å². The molecule has 0 aromatic rings. The second kappa shape index (κ2) is 5.99. The van der Waals surface area contributed by atoms with Crippen LogP contribution in [0.3, 0.4) is 0 Å². The topological polar surface area (TPSA) is 32.5 Å². The SMILES string of the molecule is CCCN1CCC(CN)(N(C)C(C)C)CC1. The molecule has 0 aliphatic carbocycles. The molecule has 0 saturated carbocycles. The molecule has 1 aliphatic rings. The summed E-state index contributed by atoms with van der Waals surface area (Å²) in [5.74, 6) is 0. The van der Waals surface area contributed by atoms with Crippen LogP contribution in [0.2, 0.25) is 0 Å². The first kappa shape index (κ1) is 13.9. The monoisotopic (exact) mass is 227 g/mol. The number of nitrogens with two attached hydrogens (primary N) is 1. The van der Waals surface area contributed by atoms with E-state index in [0.29, 0.717) is 6.04 Å². The fraction of sp³-hybridized carbons (Fsp3) is 1.00. The fourth-order valence-electron chi connectivity index (χ4n) is 2.76. The van der Waals surface area contributed by atoms with Gasteiger partial charge in [-0.15, -0.1) is 0 Å². The molecule has 3 heteroatoms. The summed E-state index contributed by atoms with van der Waals surface area (Å²) < 4.78 is 0. The summed E-state index contributed by atoms with van der Waals surface area (Å²) in [6.45, 7) is 11.2. The Morgan fingerprint density at radius 1 is 1.31 bits per heavy atom. The maximum Gasteiger partial charge on any atom is 0.0355 e. The smallest absolute Gasteiger partial charge is 0.0355 e. The molecule has 1 saturated heterocycles. The Hall–Kier alpha value is -0.120. The maximum atomic E-state index is 6.04. The highest BCUT2D eigenvalue weighted by Gasteiger charge is 2.37. The molecule has 0 atom stereocenters. The minimum atomic E-state index is 0.248. The second-order valence-corrected chi connectivity index (χ2v) is 5.47. The van der Waals surface area contributed by atoms with Crippen LogP contribution in [0.1, 0.15) is 40.0 Å². The highest BCUT2D eigenvalue weighted by molar-refractivity contribution is 4.96. The van der Waals surface area contributed by atoms with Crippen molar-refractivity contribution in [2.75, 3.05) is 33.2 Å². The van der Waals surface area contributed by atoms with E-state index in [1.165, 1.54) is 38.9 Å². The Labute approximate surface area is 101 Å². The second-order valence-electron chi connectivity index (χ2n) is 5.47. The van der Waals surface area contributed by atoms with Crippen molar-refractivity contribution in [1.82, 2.24) is 9.80 Å². The molecule has 2 N–H and O–H groups in total. The van der Waals surface area contributed by atoms with Gasteiger partial charge in [0.1, 0.15) is 0 Å². The van der Waals surface area contributed by atoms with E-state index in [1.807, 2.05) is 0 Å². The van der Waals surface area contributed by atoms with Gasteiger partial charge in [-0.1, -0.05) is 6.92 Å². The molecular formula is C13H29N3. The van der Waals surface area contributed by atoms with E-state index in [1.54, 1.807) is 0 Å². The number of rotatable bonds is 5. The summed E-state index contributed by atoms with van der Waals surface area (Å²) in [4.78, 5) is 5.05. The summed E-state index contributed by atoms with van der Waals surface area (Å²) in [5, 5.41) is 0. The summed E-state index contributed by atoms with van der Waals surface area (Å²) in [6.07, 6.45) is 3.70. The number of hydrogen-bond acceptors (Lipinski definition) is 3. The molecule has 0 radical (unpaired) electrons. The lowest BCUT2D eigenvalue weighted by Gasteiger charge is -2.48. The standard InChI is InChI=1S/C13H29N3/c1-5-8-16-9-6-13(11-14,7-10-16)15(4)12(2)3/h12H,5-11,14H2,1-4H3. The molecule has 0 bridgehead atoms. The normalized spacial score (nSPS) is 21.9. The molecule has 3 nitrogen and oxygen atoms in total. The molecule has 1 heterocycles. The van der Waals surface area contributed by atoms with Crippen molar-refractivity contribution in [2.45, 2.75) is 51.6 Å². The lowest BCUT2D eigenvalue weighted by molar-refractivity contribution is 0.0258. The van der Waals surface area contributed by atoms with Crippen LogP contribution in [0.15, 0.2) is 0 Å². The van der Waals surface area contributed by atoms with E-state index < -0.39 is 0 Å². The van der Waals surface area contributed by atoms with Gasteiger partial charge in [-0.25, -0.2) is 0 Å². The molecule has 0 amide bonds. The van der Waals surface area contributed by atoms with E-state index >= 15 is 0 Å². The number of nitrogens with zero attached hydrogens (tertiary/aromatic N) is 2. The van der Waals surface area contributed by atoms with E-state index in [-0.39, 0.29) is 5.54 Å². The van der Waals surface area contributed by atoms with Crippen LogP contribution in [0, 0.1) is 0 Å². The van der Waals surface area contributed by atoms with Crippen molar-refractivity contribution in [1.29, 1.82) is 0 Å². The first-order valence-electron chi connectivity index (χ1n) is 6.71. The minimum Gasteiger partial charge on any atom is -0.329 e. The molecule has 96 valence electrons. The fourth-order valence-corrected chi connectivity index (χ4v) is 2.76. The van der Waals surface area contributed by atoms with E-state index in [9.17, 15) is 0 Å². The van der Waals surface area contributed by atoms with Gasteiger partial charge in [-0.2, -0.15) is 0 Å². The average Bonchev–Trinajstić information content (AvgIpc) is 2.30. The molecule has 0 aromatic heterocycles. The van der Waals surface area contributed by atoms with Crippen molar-refractivity contribution in [3.63, 3.8) is 0 Å². The molecule has 0 unspecified atom stereocenters. The average molecular weight is 227 g/mol. The van der Waals surface area contributed by atoms with Gasteiger partial charge < -0.3 is 10.6 Å². The zero-order valence-corrected chi connectivity index (χ0v) is 11.5. The molecule has 1 aliphatic heterocycles. The van der Waals surface area contributed by atoms with Gasteiger partial charge in [0.15, 0.2) is 0 Å². The summed E-state index contributed by atoms with van der Waals surface area (Å²) in [7, 11) is 2.23. The van der Waals surface area contributed by atoms with Gasteiger partial charge in [-0.3, -0.25) is 4.90 Å². The first-order valence-corrected chi connectivity index (χ1v) is 6.71. The Bertz CT molecular complexity index is 195. The van der Waals surface area contributed by atoms with E-state index in [2.05, 4.69) is 37.6 Å². The van der Waals surface area contributed by atoms with Gasteiger partial charge in [0.2, 0.25) is 0 Å². The lowest BCUT2D eigenvalue weighted by Crippen LogP contribution is -2.59. The van der Waals surface area contributed by atoms with Crippen LogP contribution in [0.25, 0.3) is 0 Å². The number of likely N-dealkylation sites (tertiary alicyclic amines) is 1. The predicted molar refractivity (Wildman–Crippen MR) is 70.6 cm³/mol. The Morgan fingerprint density at radius 2 is 1.88 bits per heavy atom. The van der Waals surface area contributed by atoms with Crippen molar-refractivity contribution < 1.29 is 0 Å². The number of hydrogen-bond donors (Lipinski definition) is 1. The van der Waals surface area contributed by atoms with Crippen LogP contribution in [-0.4, -0.2) is 54.6 Å². The van der Waals surface area contributed by atoms with E-state index in [0.717, 1.165) is 6.54 Å². The summed E-state index contributed by atoms with van der Waals surface area (Å²) in [5.41, 5.74) is 6.28. The molecule has 1 rings (SSSR count). The van der Waals surface area contributed by atoms with Crippen LogP contribution in [0.4, 0.5) is 0 Å². The Kier molecular flexibility index (Phi) is 5.22. The third-order valence-electron chi connectivity index (χ3n) is 4.23. The van der Waals surface area contributed by atoms with Crippen molar-refractivity contribution in [3.8, 4) is 0 Å². The summed E-state index contributed by atoms with van der Waals surface area (Å²) in [6, 6.07) is 0.585.